The van der Waals surface area contributed by atoms with E-state index in [0.717, 1.165) is 0 Å². The van der Waals surface area contributed by atoms with E-state index >= 15 is 0 Å². The van der Waals surface area contributed by atoms with Crippen LogP contribution in [0.15, 0.2) is 4.52 Å². The molecular weight excluding hydrogens is 282 g/mol. The second-order valence-electron chi connectivity index (χ2n) is 4.84. The molecule has 0 aliphatic heterocycles. The Labute approximate surface area is 113 Å². The number of hydrogen-bond acceptors (Lipinski definition) is 5. The third-order valence-corrected chi connectivity index (χ3v) is 2.37. The molecule has 0 amide bonds. The van der Waals surface area contributed by atoms with Crippen LogP contribution in [0.1, 0.15) is 38.0 Å². The minimum absolute atomic E-state index is 0.00993. The lowest BCUT2D eigenvalue weighted by Crippen LogP contribution is -2.32. The summed E-state index contributed by atoms with van der Waals surface area (Å²) in [5, 5.41) is 3.49. The molecule has 1 heterocycles. The lowest BCUT2D eigenvalue weighted by Gasteiger charge is -2.14. The highest BCUT2D eigenvalue weighted by Gasteiger charge is 2.41. The number of ether oxygens (including phenoxy) is 1. The van der Waals surface area contributed by atoms with Crippen LogP contribution in [-0.2, 0) is 11.3 Å². The van der Waals surface area contributed by atoms with Gasteiger partial charge in [-0.3, -0.25) is 0 Å². The molecule has 9 heteroatoms. The van der Waals surface area contributed by atoms with Gasteiger partial charge in [-0.05, 0) is 12.3 Å². The predicted octanol–water partition coefficient (Wildman–Crippen LogP) is 2.53. The molecule has 5 nitrogen and oxygen atoms in total. The van der Waals surface area contributed by atoms with E-state index in [0.29, 0.717) is 12.3 Å². The van der Waals surface area contributed by atoms with Gasteiger partial charge in [0.1, 0.15) is 13.2 Å². The summed E-state index contributed by atoms with van der Waals surface area (Å²) in [5.41, 5.74) is 5.79. The van der Waals surface area contributed by atoms with Crippen molar-refractivity contribution >= 4 is 0 Å². The molecule has 0 fully saturated rings. The normalized spacial score (nSPS) is 14.2. The van der Waals surface area contributed by atoms with Crippen LogP contribution in [0.5, 0.6) is 0 Å². The van der Waals surface area contributed by atoms with Crippen LogP contribution in [0.4, 0.5) is 17.6 Å². The summed E-state index contributed by atoms with van der Waals surface area (Å²) in [4.78, 5) is 3.87. The molecule has 0 spiro atoms. The maximum absolute atomic E-state index is 12.6. The molecule has 1 aromatic rings. The summed E-state index contributed by atoms with van der Waals surface area (Å²) in [7, 11) is 0. The fraction of sp³-hybridized carbons (Fsp3) is 0.818. The van der Waals surface area contributed by atoms with Gasteiger partial charge >= 0.3 is 12.3 Å². The Kier molecular flexibility index (Phi) is 5.88. The van der Waals surface area contributed by atoms with E-state index in [1.54, 1.807) is 0 Å². The summed E-state index contributed by atoms with van der Waals surface area (Å²) in [6.07, 6.45) is -3.16. The maximum atomic E-state index is 12.6. The zero-order chi connectivity index (χ0) is 15.3. The Bertz CT molecular complexity index is 412. The first-order chi connectivity index (χ1) is 9.22. The maximum Gasteiger partial charge on any atom is 0.330 e. The third-order valence-electron chi connectivity index (χ3n) is 2.37. The molecule has 0 radical (unpaired) electrons. The molecule has 1 rings (SSSR count). The van der Waals surface area contributed by atoms with Crippen LogP contribution in [0, 0.1) is 5.92 Å². The van der Waals surface area contributed by atoms with Crippen LogP contribution < -0.4 is 5.73 Å². The SMILES string of the molecule is CC(C)CC(N)c1nc(COCC(F)(F)C(F)F)no1. The van der Waals surface area contributed by atoms with Crippen molar-refractivity contribution in [1.29, 1.82) is 0 Å². The lowest BCUT2D eigenvalue weighted by atomic mass is 10.0. The van der Waals surface area contributed by atoms with Gasteiger partial charge in [0.2, 0.25) is 5.89 Å². The minimum atomic E-state index is -4.19. The first-order valence-corrected chi connectivity index (χ1v) is 6.04. The summed E-state index contributed by atoms with van der Waals surface area (Å²) < 4.78 is 58.2. The van der Waals surface area contributed by atoms with Crippen LogP contribution >= 0.6 is 0 Å². The second kappa shape index (κ2) is 6.98. The van der Waals surface area contributed by atoms with Crippen molar-refractivity contribution in [3.63, 3.8) is 0 Å². The second-order valence-corrected chi connectivity index (χ2v) is 4.84. The van der Waals surface area contributed by atoms with Crippen LogP contribution in [0.25, 0.3) is 0 Å². The highest BCUT2D eigenvalue weighted by Crippen LogP contribution is 2.23. The van der Waals surface area contributed by atoms with E-state index in [4.69, 9.17) is 10.3 Å². The molecule has 0 aliphatic rings. The van der Waals surface area contributed by atoms with E-state index in [2.05, 4.69) is 14.9 Å². The number of nitrogens with two attached hydrogens (primary N) is 1. The number of rotatable bonds is 8. The topological polar surface area (TPSA) is 74.2 Å². The molecular formula is C11H17F4N3O2. The fourth-order valence-corrected chi connectivity index (χ4v) is 1.43. The summed E-state index contributed by atoms with van der Waals surface area (Å²) in [5.74, 6) is -3.72. The van der Waals surface area contributed by atoms with Crippen LogP contribution in [0.2, 0.25) is 0 Å². The standard InChI is InChI=1S/C11H17F4N3O2/c1-6(2)3-7(16)9-17-8(18-20-9)4-19-5-11(14,15)10(12)13/h6-7,10H,3-5,16H2,1-2H3. The average molecular weight is 299 g/mol. The molecule has 0 bridgehead atoms. The molecule has 1 unspecified atom stereocenters. The predicted molar refractivity (Wildman–Crippen MR) is 61.3 cm³/mol. The van der Waals surface area contributed by atoms with Gasteiger partial charge in [-0.25, -0.2) is 8.78 Å². The molecule has 116 valence electrons. The number of halogens is 4. The van der Waals surface area contributed by atoms with Gasteiger partial charge in [0.15, 0.2) is 5.82 Å². The van der Waals surface area contributed by atoms with Gasteiger partial charge in [0, 0.05) is 0 Å². The van der Waals surface area contributed by atoms with Gasteiger partial charge in [0.05, 0.1) is 6.04 Å². The van der Waals surface area contributed by atoms with E-state index in [-0.39, 0.29) is 11.7 Å². The summed E-state index contributed by atoms with van der Waals surface area (Å²) >= 11 is 0. The fourth-order valence-electron chi connectivity index (χ4n) is 1.43. The van der Waals surface area contributed by atoms with Gasteiger partial charge in [-0.15, -0.1) is 0 Å². The van der Waals surface area contributed by atoms with Crippen LogP contribution in [-0.4, -0.2) is 29.1 Å². The van der Waals surface area contributed by atoms with Gasteiger partial charge in [-0.2, -0.15) is 13.8 Å². The Balaban J connectivity index is 2.45. The Morgan fingerprint density at radius 3 is 2.55 bits per heavy atom. The summed E-state index contributed by atoms with van der Waals surface area (Å²) in [6.45, 7) is 2.08. The Morgan fingerprint density at radius 2 is 2.00 bits per heavy atom. The number of alkyl halides is 4. The molecule has 1 aromatic heterocycles. The van der Waals surface area contributed by atoms with Crippen LogP contribution in [0.3, 0.4) is 0 Å². The summed E-state index contributed by atoms with van der Waals surface area (Å²) in [6, 6.07) is -0.459. The van der Waals surface area contributed by atoms with Crippen molar-refractivity contribution in [2.75, 3.05) is 6.61 Å². The van der Waals surface area contributed by atoms with Gasteiger partial charge in [0.25, 0.3) is 0 Å². The van der Waals surface area contributed by atoms with Crippen molar-refractivity contribution in [2.45, 2.75) is 45.3 Å². The first kappa shape index (κ1) is 16.8. The molecule has 1 atom stereocenters. The number of aromatic nitrogens is 2. The van der Waals surface area contributed by atoms with Crippen molar-refractivity contribution in [3.05, 3.63) is 11.7 Å². The highest BCUT2D eigenvalue weighted by molar-refractivity contribution is 4.91. The number of nitrogens with zero attached hydrogens (tertiary/aromatic N) is 2. The quantitative estimate of drug-likeness (QED) is 0.747. The van der Waals surface area contributed by atoms with E-state index in [1.165, 1.54) is 0 Å². The Morgan fingerprint density at radius 1 is 1.35 bits per heavy atom. The zero-order valence-electron chi connectivity index (χ0n) is 11.2. The minimum Gasteiger partial charge on any atom is -0.367 e. The zero-order valence-corrected chi connectivity index (χ0v) is 11.2. The molecule has 0 saturated heterocycles. The average Bonchev–Trinajstić information content (AvgIpc) is 2.76. The molecule has 0 aromatic carbocycles. The smallest absolute Gasteiger partial charge is 0.330 e. The first-order valence-electron chi connectivity index (χ1n) is 6.04. The van der Waals surface area contributed by atoms with Gasteiger partial charge < -0.3 is 15.0 Å². The number of hydrogen-bond donors (Lipinski definition) is 1. The molecule has 20 heavy (non-hydrogen) atoms. The van der Waals surface area contributed by atoms with E-state index in [9.17, 15) is 17.6 Å². The molecule has 0 aliphatic carbocycles. The Hall–Kier alpha value is -1.22. The largest absolute Gasteiger partial charge is 0.367 e. The van der Waals surface area contributed by atoms with Crippen molar-refractivity contribution in [2.24, 2.45) is 11.7 Å². The molecule has 0 saturated carbocycles. The van der Waals surface area contributed by atoms with Crippen molar-refractivity contribution in [3.8, 4) is 0 Å². The van der Waals surface area contributed by atoms with Gasteiger partial charge in [-0.1, -0.05) is 19.0 Å². The third kappa shape index (κ3) is 5.04. The van der Waals surface area contributed by atoms with Crippen molar-refractivity contribution < 1.29 is 26.8 Å². The molecule has 2 N–H and O–H groups in total. The van der Waals surface area contributed by atoms with E-state index < -0.39 is 31.6 Å². The lowest BCUT2D eigenvalue weighted by molar-refractivity contribution is -0.168. The highest BCUT2D eigenvalue weighted by atomic mass is 19.3. The monoisotopic (exact) mass is 299 g/mol. The van der Waals surface area contributed by atoms with E-state index in [1.807, 2.05) is 13.8 Å². The van der Waals surface area contributed by atoms with Crippen molar-refractivity contribution in [1.82, 2.24) is 10.1 Å².